The predicted molar refractivity (Wildman–Crippen MR) is 219 cm³/mol. The van der Waals surface area contributed by atoms with Crippen LogP contribution < -0.4 is 4.90 Å². The van der Waals surface area contributed by atoms with E-state index in [0.29, 0.717) is 0 Å². The molecule has 52 heavy (non-hydrogen) atoms. The minimum atomic E-state index is 0.734. The van der Waals surface area contributed by atoms with Crippen LogP contribution in [0.25, 0.3) is 61.1 Å². The van der Waals surface area contributed by atoms with Crippen molar-refractivity contribution in [2.45, 2.75) is 20.3 Å². The molecule has 0 aliphatic carbocycles. The van der Waals surface area contributed by atoms with E-state index in [2.05, 4.69) is 195 Å². The average Bonchev–Trinajstić information content (AvgIpc) is 3.86. The van der Waals surface area contributed by atoms with Crippen molar-refractivity contribution in [1.82, 2.24) is 18.7 Å². The molecule has 5 nitrogen and oxygen atoms in total. The van der Waals surface area contributed by atoms with Gasteiger partial charge in [-0.3, -0.25) is 13.7 Å². The highest BCUT2D eigenvalue weighted by molar-refractivity contribution is 6.22. The van der Waals surface area contributed by atoms with Crippen LogP contribution in [-0.2, 0) is 6.42 Å². The molecule has 0 saturated carbocycles. The minimum Gasteiger partial charge on any atom is -0.323 e. The summed E-state index contributed by atoms with van der Waals surface area (Å²) in [5.74, 6) is 2.88. The summed E-state index contributed by atoms with van der Waals surface area (Å²) in [4.78, 5) is 8.00. The molecule has 0 unspecified atom stereocenters. The number of anilines is 2. The molecule has 10 rings (SSSR count). The fourth-order valence-corrected chi connectivity index (χ4v) is 7.87. The van der Waals surface area contributed by atoms with Gasteiger partial charge >= 0.3 is 0 Å². The van der Waals surface area contributed by atoms with Gasteiger partial charge in [-0.25, -0.2) is 4.98 Å². The molecule has 5 heterocycles. The molecular formula is C47H39N5. The molecule has 0 radical (unpaired) electrons. The number of allylic oxidation sites excluding steroid dienone is 3. The van der Waals surface area contributed by atoms with Gasteiger partial charge in [-0.2, -0.15) is 0 Å². The van der Waals surface area contributed by atoms with Crippen molar-refractivity contribution in [3.05, 3.63) is 182 Å². The monoisotopic (exact) mass is 673 g/mol. The van der Waals surface area contributed by atoms with Gasteiger partial charge < -0.3 is 4.90 Å². The van der Waals surface area contributed by atoms with Crippen LogP contribution in [0.1, 0.15) is 19.4 Å². The van der Waals surface area contributed by atoms with Crippen molar-refractivity contribution in [2.75, 3.05) is 11.4 Å². The van der Waals surface area contributed by atoms with Crippen molar-refractivity contribution < 1.29 is 0 Å². The van der Waals surface area contributed by atoms with Gasteiger partial charge in [-0.1, -0.05) is 135 Å². The quantitative estimate of drug-likeness (QED) is 0.186. The number of fused-ring (bicyclic) bond motifs is 8. The SMILES string of the molecule is C1=C\Cc2c(n(-c3cccc(-n4c5ccccc5c5c6ccccc6n(-c6ccccc6)c54)n3)c3ccccc23)N(c2ccccc2)C\C=C/1.CC. The van der Waals surface area contributed by atoms with E-state index in [4.69, 9.17) is 4.98 Å². The van der Waals surface area contributed by atoms with Gasteiger partial charge in [0.1, 0.15) is 23.1 Å². The zero-order chi connectivity index (χ0) is 35.0. The molecule has 1 aliphatic rings. The second-order valence-corrected chi connectivity index (χ2v) is 12.8. The number of rotatable bonds is 4. The van der Waals surface area contributed by atoms with Crippen LogP contribution in [0.15, 0.2) is 176 Å². The third-order valence-electron chi connectivity index (χ3n) is 9.94. The number of pyridine rings is 1. The third kappa shape index (κ3) is 4.96. The van der Waals surface area contributed by atoms with Gasteiger partial charge in [0, 0.05) is 45.0 Å². The van der Waals surface area contributed by atoms with Crippen molar-refractivity contribution >= 4 is 55.2 Å². The summed E-state index contributed by atoms with van der Waals surface area (Å²) in [5, 5.41) is 4.90. The molecule has 0 bridgehead atoms. The van der Waals surface area contributed by atoms with E-state index >= 15 is 0 Å². The van der Waals surface area contributed by atoms with Crippen LogP contribution in [0.5, 0.6) is 0 Å². The predicted octanol–water partition coefficient (Wildman–Crippen LogP) is 11.9. The Balaban J connectivity index is 0.00000177. The van der Waals surface area contributed by atoms with Gasteiger partial charge in [-0.15, -0.1) is 0 Å². The number of aromatic nitrogens is 4. The fraction of sp³-hybridized carbons (Fsp3) is 0.0851. The number of hydrogen-bond acceptors (Lipinski definition) is 2. The third-order valence-corrected chi connectivity index (χ3v) is 9.94. The highest BCUT2D eigenvalue weighted by Crippen LogP contribution is 2.42. The Morgan fingerprint density at radius 2 is 0.981 bits per heavy atom. The van der Waals surface area contributed by atoms with Crippen LogP contribution in [0.4, 0.5) is 11.5 Å². The summed E-state index contributed by atoms with van der Waals surface area (Å²) in [6.45, 7) is 4.73. The Hall–Kier alpha value is -6.59. The molecule has 9 aromatic rings. The molecule has 5 aromatic carbocycles. The van der Waals surface area contributed by atoms with E-state index in [-0.39, 0.29) is 0 Å². The first-order chi connectivity index (χ1) is 25.9. The average molecular weight is 674 g/mol. The van der Waals surface area contributed by atoms with E-state index in [1.807, 2.05) is 13.8 Å². The van der Waals surface area contributed by atoms with Crippen LogP contribution in [0, 0.1) is 0 Å². The van der Waals surface area contributed by atoms with E-state index in [9.17, 15) is 0 Å². The number of para-hydroxylation sites is 5. The first-order valence-corrected chi connectivity index (χ1v) is 18.2. The van der Waals surface area contributed by atoms with Crippen LogP contribution >= 0.6 is 0 Å². The highest BCUT2D eigenvalue weighted by atomic mass is 15.3. The maximum atomic E-state index is 5.58. The molecule has 0 amide bonds. The maximum Gasteiger partial charge on any atom is 0.141 e. The van der Waals surface area contributed by atoms with Gasteiger partial charge in [-0.05, 0) is 61.0 Å². The summed E-state index contributed by atoms with van der Waals surface area (Å²) < 4.78 is 7.10. The molecule has 1 aliphatic heterocycles. The van der Waals surface area contributed by atoms with E-state index in [1.54, 1.807) is 0 Å². The summed E-state index contributed by atoms with van der Waals surface area (Å²) in [6.07, 6.45) is 9.63. The lowest BCUT2D eigenvalue weighted by atomic mass is 10.1. The van der Waals surface area contributed by atoms with E-state index in [0.717, 1.165) is 58.5 Å². The molecule has 0 atom stereocenters. The Bertz CT molecular complexity index is 2760. The summed E-state index contributed by atoms with van der Waals surface area (Å²) >= 11 is 0. The van der Waals surface area contributed by atoms with Gasteiger partial charge in [0.2, 0.25) is 0 Å². The van der Waals surface area contributed by atoms with Crippen molar-refractivity contribution in [1.29, 1.82) is 0 Å². The first-order valence-electron chi connectivity index (χ1n) is 18.2. The lowest BCUT2D eigenvalue weighted by Crippen LogP contribution is -2.21. The maximum absolute atomic E-state index is 5.58. The minimum absolute atomic E-state index is 0.734. The number of hydrogen-bond donors (Lipinski definition) is 0. The molecule has 0 saturated heterocycles. The van der Waals surface area contributed by atoms with Crippen molar-refractivity contribution in [3.63, 3.8) is 0 Å². The number of nitrogens with zero attached hydrogens (tertiary/aromatic N) is 5. The normalized spacial score (nSPS) is 14.1. The lowest BCUT2D eigenvalue weighted by molar-refractivity contribution is 0.937. The van der Waals surface area contributed by atoms with E-state index < -0.39 is 0 Å². The van der Waals surface area contributed by atoms with Crippen LogP contribution in [0.3, 0.4) is 0 Å². The lowest BCUT2D eigenvalue weighted by Gasteiger charge is -2.26. The Kier molecular flexibility index (Phi) is 8.01. The zero-order valence-electron chi connectivity index (χ0n) is 29.4. The summed E-state index contributed by atoms with van der Waals surface area (Å²) in [6, 6.07) is 54.0. The first kappa shape index (κ1) is 31.4. The van der Waals surface area contributed by atoms with E-state index in [1.165, 1.54) is 32.6 Å². The number of benzene rings is 5. The molecule has 0 spiro atoms. The largest absolute Gasteiger partial charge is 0.323 e. The van der Waals surface area contributed by atoms with Gasteiger partial charge in [0.05, 0.1) is 16.6 Å². The van der Waals surface area contributed by atoms with Gasteiger partial charge in [0.15, 0.2) is 0 Å². The summed E-state index contributed by atoms with van der Waals surface area (Å²) in [5.41, 5.74) is 8.10. The molecule has 4 aromatic heterocycles. The van der Waals surface area contributed by atoms with Crippen LogP contribution in [0.2, 0.25) is 0 Å². The van der Waals surface area contributed by atoms with Crippen molar-refractivity contribution in [3.8, 4) is 17.3 Å². The Morgan fingerprint density at radius 3 is 1.65 bits per heavy atom. The standard InChI is InChI=1S/C45H33N5.C2H6/c1-2-16-31-47(32-18-5-3-6-19-32)44-35(23-9-1)34-22-10-13-26-38(34)49(44)41-29-17-30-42(46-41)50-40-28-15-12-25-37(40)43-36-24-11-14-27-39(36)48(45(43)50)33-20-7-4-8-21-33;1-2/h1-22,24-30H,23,31H2;1-2H3/b9-1-,16-2-;. The molecule has 5 heteroatoms. The topological polar surface area (TPSA) is 30.9 Å². The van der Waals surface area contributed by atoms with Crippen molar-refractivity contribution in [2.24, 2.45) is 0 Å². The molecular weight excluding hydrogens is 635 g/mol. The Morgan fingerprint density at radius 1 is 0.462 bits per heavy atom. The molecule has 0 N–H and O–H groups in total. The fourth-order valence-electron chi connectivity index (χ4n) is 7.87. The molecule has 252 valence electrons. The van der Waals surface area contributed by atoms with Gasteiger partial charge in [0.25, 0.3) is 0 Å². The summed E-state index contributed by atoms with van der Waals surface area (Å²) in [7, 11) is 0. The second kappa shape index (κ2) is 13.3. The second-order valence-electron chi connectivity index (χ2n) is 12.8. The Labute approximate surface area is 303 Å². The molecule has 0 fully saturated rings. The highest BCUT2D eigenvalue weighted by Gasteiger charge is 2.26. The van der Waals surface area contributed by atoms with Crippen LogP contribution in [-0.4, -0.2) is 25.2 Å². The zero-order valence-corrected chi connectivity index (χ0v) is 29.4. The smallest absolute Gasteiger partial charge is 0.141 e.